The van der Waals surface area contributed by atoms with Crippen molar-refractivity contribution >= 4 is 11.6 Å². The number of anilines is 1. The third kappa shape index (κ3) is 4.13. The Balaban J connectivity index is 2.01. The number of nitrogens with one attached hydrogen (secondary N) is 1. The molecule has 0 saturated carbocycles. The van der Waals surface area contributed by atoms with Gasteiger partial charge in [0.05, 0.1) is 18.5 Å². The summed E-state index contributed by atoms with van der Waals surface area (Å²) < 4.78 is 0. The normalized spacial score (nSPS) is 12.0. The summed E-state index contributed by atoms with van der Waals surface area (Å²) in [7, 11) is 0. The molecule has 1 amide bonds. The number of hydrogen-bond acceptors (Lipinski definition) is 3. The number of carbonyl (C=O) groups is 1. The highest BCUT2D eigenvalue weighted by atomic mass is 16.3. The summed E-state index contributed by atoms with van der Waals surface area (Å²) in [5.74, 6) is -0.224. The number of nitrogens with zero attached hydrogens (tertiary/aromatic N) is 1. The zero-order valence-electron chi connectivity index (χ0n) is 12.3. The van der Waals surface area contributed by atoms with Crippen molar-refractivity contribution < 1.29 is 9.90 Å². The number of carbonyl (C=O) groups excluding carboxylic acids is 1. The lowest BCUT2D eigenvalue weighted by molar-refractivity contribution is -0.119. The van der Waals surface area contributed by atoms with E-state index in [1.807, 2.05) is 38.1 Å². The Labute approximate surface area is 124 Å². The van der Waals surface area contributed by atoms with E-state index in [0.29, 0.717) is 17.7 Å². The van der Waals surface area contributed by atoms with Gasteiger partial charge in [-0.3, -0.25) is 9.78 Å². The van der Waals surface area contributed by atoms with Crippen LogP contribution in [0.25, 0.3) is 0 Å². The van der Waals surface area contributed by atoms with Crippen LogP contribution in [0.1, 0.15) is 23.6 Å². The average molecular weight is 284 g/mol. The van der Waals surface area contributed by atoms with E-state index in [2.05, 4.69) is 10.3 Å². The van der Waals surface area contributed by atoms with Gasteiger partial charge in [-0.2, -0.15) is 0 Å². The summed E-state index contributed by atoms with van der Waals surface area (Å²) >= 11 is 0. The first-order valence-electron chi connectivity index (χ1n) is 7.00. The number of aromatic nitrogens is 1. The fraction of sp³-hybridized carbons (Fsp3) is 0.294. The molecular formula is C17H20N2O2. The second kappa shape index (κ2) is 6.99. The van der Waals surface area contributed by atoms with Gasteiger partial charge in [0.25, 0.3) is 0 Å². The molecule has 4 nitrogen and oxygen atoms in total. The van der Waals surface area contributed by atoms with Crippen LogP contribution in [0.5, 0.6) is 0 Å². The van der Waals surface area contributed by atoms with Crippen molar-refractivity contribution in [3.8, 4) is 0 Å². The first kappa shape index (κ1) is 15.2. The molecular weight excluding hydrogens is 264 g/mol. The lowest BCUT2D eigenvalue weighted by atomic mass is 9.99. The molecule has 0 spiro atoms. The number of pyridine rings is 1. The molecule has 1 unspecified atom stereocenters. The molecule has 0 aliphatic rings. The Kier molecular flexibility index (Phi) is 5.06. The standard InChI is InChI=1S/C17H20N2O2/c1-12-3-5-14(6-4-12)9-13(2)17(21)19-16-10-18-8-7-15(16)11-20/h3-8,10,13,20H,9,11H2,1-2H3,(H,19,21). The van der Waals surface area contributed by atoms with Crippen LogP contribution in [0.4, 0.5) is 5.69 Å². The number of rotatable bonds is 5. The number of hydrogen-bond donors (Lipinski definition) is 2. The fourth-order valence-corrected chi connectivity index (χ4v) is 2.10. The van der Waals surface area contributed by atoms with Crippen LogP contribution in [0.2, 0.25) is 0 Å². The minimum absolute atomic E-state index is 0.0710. The van der Waals surface area contributed by atoms with E-state index in [9.17, 15) is 9.90 Å². The Morgan fingerprint density at radius 2 is 2.00 bits per heavy atom. The molecule has 110 valence electrons. The lowest BCUT2D eigenvalue weighted by Crippen LogP contribution is -2.23. The highest BCUT2D eigenvalue weighted by Gasteiger charge is 2.15. The van der Waals surface area contributed by atoms with Gasteiger partial charge in [-0.05, 0) is 25.0 Å². The maximum absolute atomic E-state index is 12.2. The van der Waals surface area contributed by atoms with Gasteiger partial charge in [0.1, 0.15) is 0 Å². The van der Waals surface area contributed by atoms with Gasteiger partial charge in [0.2, 0.25) is 5.91 Å². The van der Waals surface area contributed by atoms with Crippen LogP contribution in [0, 0.1) is 12.8 Å². The maximum Gasteiger partial charge on any atom is 0.227 e. The molecule has 2 rings (SSSR count). The average Bonchev–Trinajstić information content (AvgIpc) is 2.50. The molecule has 1 heterocycles. The van der Waals surface area contributed by atoms with E-state index in [1.165, 1.54) is 5.56 Å². The smallest absolute Gasteiger partial charge is 0.227 e. The van der Waals surface area contributed by atoms with Crippen molar-refractivity contribution in [2.75, 3.05) is 5.32 Å². The van der Waals surface area contributed by atoms with Crippen LogP contribution < -0.4 is 5.32 Å². The number of benzene rings is 1. The Morgan fingerprint density at radius 1 is 1.29 bits per heavy atom. The molecule has 21 heavy (non-hydrogen) atoms. The zero-order chi connectivity index (χ0) is 15.2. The fourth-order valence-electron chi connectivity index (χ4n) is 2.10. The third-order valence-corrected chi connectivity index (χ3v) is 3.45. The van der Waals surface area contributed by atoms with Gasteiger partial charge >= 0.3 is 0 Å². The van der Waals surface area contributed by atoms with Crippen LogP contribution in [-0.2, 0) is 17.8 Å². The minimum Gasteiger partial charge on any atom is -0.392 e. The molecule has 1 atom stereocenters. The van der Waals surface area contributed by atoms with E-state index < -0.39 is 0 Å². The Morgan fingerprint density at radius 3 is 2.67 bits per heavy atom. The lowest BCUT2D eigenvalue weighted by Gasteiger charge is -2.14. The number of aryl methyl sites for hydroxylation is 1. The molecule has 0 aliphatic carbocycles. The highest BCUT2D eigenvalue weighted by Crippen LogP contribution is 2.16. The van der Waals surface area contributed by atoms with Gasteiger partial charge in [-0.25, -0.2) is 0 Å². The number of aliphatic hydroxyl groups is 1. The summed E-state index contributed by atoms with van der Waals surface area (Å²) in [6.07, 6.45) is 3.83. The number of aliphatic hydroxyl groups excluding tert-OH is 1. The molecule has 1 aromatic heterocycles. The third-order valence-electron chi connectivity index (χ3n) is 3.45. The summed E-state index contributed by atoms with van der Waals surface area (Å²) in [5, 5.41) is 12.1. The molecule has 0 bridgehead atoms. The predicted octanol–water partition coefficient (Wildman–Crippen LogP) is 2.70. The minimum atomic E-state index is -0.153. The van der Waals surface area contributed by atoms with Crippen molar-refractivity contribution in [2.24, 2.45) is 5.92 Å². The van der Waals surface area contributed by atoms with E-state index in [1.54, 1.807) is 18.5 Å². The molecule has 0 saturated heterocycles. The van der Waals surface area contributed by atoms with E-state index in [0.717, 1.165) is 5.56 Å². The van der Waals surface area contributed by atoms with Gasteiger partial charge in [0.15, 0.2) is 0 Å². The van der Waals surface area contributed by atoms with Crippen LogP contribution in [0.3, 0.4) is 0 Å². The second-order valence-electron chi connectivity index (χ2n) is 5.27. The predicted molar refractivity (Wildman–Crippen MR) is 82.8 cm³/mol. The van der Waals surface area contributed by atoms with Crippen molar-refractivity contribution in [2.45, 2.75) is 26.9 Å². The number of amides is 1. The van der Waals surface area contributed by atoms with Crippen LogP contribution >= 0.6 is 0 Å². The zero-order valence-corrected chi connectivity index (χ0v) is 12.3. The summed E-state index contributed by atoms with van der Waals surface area (Å²) in [4.78, 5) is 16.2. The van der Waals surface area contributed by atoms with Gasteiger partial charge < -0.3 is 10.4 Å². The van der Waals surface area contributed by atoms with Crippen molar-refractivity contribution in [1.82, 2.24) is 4.98 Å². The summed E-state index contributed by atoms with van der Waals surface area (Å²) in [5.41, 5.74) is 3.58. The Hall–Kier alpha value is -2.20. The molecule has 4 heteroatoms. The quantitative estimate of drug-likeness (QED) is 0.887. The van der Waals surface area contributed by atoms with E-state index >= 15 is 0 Å². The largest absolute Gasteiger partial charge is 0.392 e. The van der Waals surface area contributed by atoms with Gasteiger partial charge in [-0.15, -0.1) is 0 Å². The monoisotopic (exact) mass is 284 g/mol. The van der Waals surface area contributed by atoms with E-state index in [-0.39, 0.29) is 18.4 Å². The van der Waals surface area contributed by atoms with Gasteiger partial charge in [-0.1, -0.05) is 36.8 Å². The molecule has 2 aromatic rings. The first-order chi connectivity index (χ1) is 10.1. The van der Waals surface area contributed by atoms with Crippen molar-refractivity contribution in [3.63, 3.8) is 0 Å². The molecule has 0 fully saturated rings. The highest BCUT2D eigenvalue weighted by molar-refractivity contribution is 5.93. The summed E-state index contributed by atoms with van der Waals surface area (Å²) in [6, 6.07) is 9.88. The molecule has 0 aliphatic heterocycles. The van der Waals surface area contributed by atoms with E-state index in [4.69, 9.17) is 0 Å². The first-order valence-corrected chi connectivity index (χ1v) is 7.00. The van der Waals surface area contributed by atoms with Gasteiger partial charge in [0, 0.05) is 17.7 Å². The Bertz CT molecular complexity index is 608. The SMILES string of the molecule is Cc1ccc(CC(C)C(=O)Nc2cnccc2CO)cc1. The summed E-state index contributed by atoms with van der Waals surface area (Å²) in [6.45, 7) is 3.81. The van der Waals surface area contributed by atoms with Crippen LogP contribution in [-0.4, -0.2) is 16.0 Å². The van der Waals surface area contributed by atoms with Crippen molar-refractivity contribution in [1.29, 1.82) is 0 Å². The second-order valence-corrected chi connectivity index (χ2v) is 5.27. The molecule has 1 aromatic carbocycles. The van der Waals surface area contributed by atoms with Crippen LogP contribution in [0.15, 0.2) is 42.7 Å². The molecule has 0 radical (unpaired) electrons. The molecule has 2 N–H and O–H groups in total. The maximum atomic E-state index is 12.2. The van der Waals surface area contributed by atoms with Crippen molar-refractivity contribution in [3.05, 3.63) is 59.4 Å². The topological polar surface area (TPSA) is 62.2 Å².